The van der Waals surface area contributed by atoms with Crippen LogP contribution in [0.5, 0.6) is 0 Å². The van der Waals surface area contributed by atoms with Crippen molar-refractivity contribution >= 4 is 5.82 Å². The fourth-order valence-corrected chi connectivity index (χ4v) is 0.619. The van der Waals surface area contributed by atoms with Gasteiger partial charge in [-0.15, -0.1) is 5.10 Å². The van der Waals surface area contributed by atoms with Crippen LogP contribution in [0.3, 0.4) is 0 Å². The molecule has 0 aliphatic heterocycles. The largest absolute Gasteiger partial charge is 0.382 e. The molecule has 1 rings (SSSR count). The predicted octanol–water partition coefficient (Wildman–Crippen LogP) is 0.621. The predicted molar refractivity (Wildman–Crippen MR) is 35.8 cm³/mol. The molecule has 0 saturated heterocycles. The lowest BCUT2D eigenvalue weighted by Gasteiger charge is -1.93. The van der Waals surface area contributed by atoms with Crippen LogP contribution in [-0.2, 0) is 6.42 Å². The number of aryl methyl sites for hydroxylation is 1. The summed E-state index contributed by atoms with van der Waals surface area (Å²) in [5, 5.41) is 7.30. The summed E-state index contributed by atoms with van der Waals surface area (Å²) in [5.74, 6) is 0.495. The molecule has 1 aromatic heterocycles. The van der Waals surface area contributed by atoms with Gasteiger partial charge in [0.25, 0.3) is 0 Å². The Bertz CT molecular complexity index is 197. The van der Waals surface area contributed by atoms with Gasteiger partial charge in [0, 0.05) is 0 Å². The Morgan fingerprint density at radius 3 is 2.89 bits per heavy atom. The van der Waals surface area contributed by atoms with E-state index >= 15 is 0 Å². The summed E-state index contributed by atoms with van der Waals surface area (Å²) in [6.07, 6.45) is 2.68. The number of anilines is 1. The molecule has 0 unspecified atom stereocenters. The van der Waals surface area contributed by atoms with Gasteiger partial charge in [-0.05, 0) is 18.1 Å². The second-order valence-corrected chi connectivity index (χ2v) is 1.84. The molecule has 0 aliphatic carbocycles. The summed E-state index contributed by atoms with van der Waals surface area (Å²) in [7, 11) is 0. The highest BCUT2D eigenvalue weighted by atomic mass is 15.1. The second-order valence-electron chi connectivity index (χ2n) is 1.84. The van der Waals surface area contributed by atoms with Crippen molar-refractivity contribution in [2.24, 2.45) is 0 Å². The van der Waals surface area contributed by atoms with Crippen molar-refractivity contribution in [3.05, 3.63) is 17.8 Å². The highest BCUT2D eigenvalue weighted by Crippen LogP contribution is 1.99. The van der Waals surface area contributed by atoms with Gasteiger partial charge in [-0.25, -0.2) is 0 Å². The fourth-order valence-electron chi connectivity index (χ4n) is 0.619. The van der Waals surface area contributed by atoms with E-state index < -0.39 is 0 Å². The zero-order chi connectivity index (χ0) is 6.69. The van der Waals surface area contributed by atoms with Gasteiger partial charge in [0.15, 0.2) is 0 Å². The van der Waals surface area contributed by atoms with Crippen LogP contribution in [0.1, 0.15) is 12.5 Å². The molecule has 0 saturated carbocycles. The molecule has 0 aromatic carbocycles. The maximum Gasteiger partial charge on any atom is 0.146 e. The van der Waals surface area contributed by atoms with E-state index in [1.54, 1.807) is 6.20 Å². The van der Waals surface area contributed by atoms with Crippen molar-refractivity contribution in [1.82, 2.24) is 10.2 Å². The Balaban J connectivity index is 2.94. The molecular formula is C6H9N3. The first-order valence-corrected chi connectivity index (χ1v) is 2.90. The van der Waals surface area contributed by atoms with E-state index in [0.717, 1.165) is 12.0 Å². The van der Waals surface area contributed by atoms with E-state index in [1.165, 1.54) is 0 Å². The normalized spacial score (nSPS) is 9.44. The van der Waals surface area contributed by atoms with E-state index in [9.17, 15) is 0 Å². The number of nitrogen functional groups attached to an aromatic ring is 1. The monoisotopic (exact) mass is 123 g/mol. The van der Waals surface area contributed by atoms with Gasteiger partial charge < -0.3 is 5.73 Å². The summed E-state index contributed by atoms with van der Waals surface area (Å²) < 4.78 is 0. The Kier molecular flexibility index (Phi) is 1.63. The van der Waals surface area contributed by atoms with Crippen molar-refractivity contribution in [3.63, 3.8) is 0 Å². The molecule has 0 aliphatic rings. The minimum absolute atomic E-state index is 0.495. The molecule has 1 aromatic rings. The van der Waals surface area contributed by atoms with Gasteiger partial charge in [0.1, 0.15) is 5.82 Å². The van der Waals surface area contributed by atoms with E-state index in [0.29, 0.717) is 5.82 Å². The maximum atomic E-state index is 5.36. The smallest absolute Gasteiger partial charge is 0.146 e. The molecule has 48 valence electrons. The topological polar surface area (TPSA) is 51.8 Å². The average Bonchev–Trinajstić information content (AvgIpc) is 1.88. The quantitative estimate of drug-likeness (QED) is 0.595. The van der Waals surface area contributed by atoms with Crippen LogP contribution in [0.2, 0.25) is 0 Å². The zero-order valence-electron chi connectivity index (χ0n) is 5.33. The molecule has 1 heterocycles. The minimum Gasteiger partial charge on any atom is -0.382 e. The molecule has 0 amide bonds. The van der Waals surface area contributed by atoms with Gasteiger partial charge in [-0.2, -0.15) is 5.10 Å². The number of rotatable bonds is 1. The van der Waals surface area contributed by atoms with Crippen molar-refractivity contribution in [1.29, 1.82) is 0 Å². The molecule has 0 bridgehead atoms. The average molecular weight is 123 g/mol. The van der Waals surface area contributed by atoms with Crippen LogP contribution < -0.4 is 5.73 Å². The first-order chi connectivity index (χ1) is 4.33. The van der Waals surface area contributed by atoms with E-state index in [1.807, 2.05) is 6.07 Å². The van der Waals surface area contributed by atoms with Gasteiger partial charge in [0.2, 0.25) is 0 Å². The number of hydrogen-bond acceptors (Lipinski definition) is 3. The Morgan fingerprint density at radius 1 is 1.67 bits per heavy atom. The van der Waals surface area contributed by atoms with Gasteiger partial charge in [-0.3, -0.25) is 0 Å². The van der Waals surface area contributed by atoms with E-state index in [2.05, 4.69) is 17.1 Å². The highest BCUT2D eigenvalue weighted by molar-refractivity contribution is 5.28. The van der Waals surface area contributed by atoms with Crippen LogP contribution in [0.25, 0.3) is 0 Å². The van der Waals surface area contributed by atoms with Crippen LogP contribution >= 0.6 is 0 Å². The molecule has 2 N–H and O–H groups in total. The zero-order valence-corrected chi connectivity index (χ0v) is 5.33. The SMILES string of the molecule is CCc1cnnc(N)c1. The van der Waals surface area contributed by atoms with Crippen LogP contribution in [0.4, 0.5) is 5.82 Å². The lowest BCUT2D eigenvalue weighted by atomic mass is 10.2. The Labute approximate surface area is 53.9 Å². The van der Waals surface area contributed by atoms with Gasteiger partial charge >= 0.3 is 0 Å². The Morgan fingerprint density at radius 2 is 2.44 bits per heavy atom. The second kappa shape index (κ2) is 2.44. The highest BCUT2D eigenvalue weighted by Gasteiger charge is 1.89. The molecule has 0 fully saturated rings. The standard InChI is InChI=1S/C6H9N3/c1-2-5-3-6(7)9-8-4-5/h3-4H,2H2,1H3,(H2,7,9). The molecule has 0 atom stereocenters. The summed E-state index contributed by atoms with van der Waals surface area (Å²) in [6.45, 7) is 2.05. The fraction of sp³-hybridized carbons (Fsp3) is 0.333. The number of nitrogens with two attached hydrogens (primary N) is 1. The number of hydrogen-bond donors (Lipinski definition) is 1. The molecule has 3 heteroatoms. The summed E-state index contributed by atoms with van der Waals surface area (Å²) in [6, 6.07) is 1.83. The first kappa shape index (κ1) is 6.01. The van der Waals surface area contributed by atoms with Gasteiger partial charge in [0.05, 0.1) is 6.20 Å². The molecule has 3 nitrogen and oxygen atoms in total. The molecule has 0 radical (unpaired) electrons. The number of aromatic nitrogens is 2. The summed E-state index contributed by atoms with van der Waals surface area (Å²) in [5.41, 5.74) is 6.49. The summed E-state index contributed by atoms with van der Waals surface area (Å²) >= 11 is 0. The number of nitrogens with zero attached hydrogens (tertiary/aromatic N) is 2. The summed E-state index contributed by atoms with van der Waals surface area (Å²) in [4.78, 5) is 0. The maximum absolute atomic E-state index is 5.36. The first-order valence-electron chi connectivity index (χ1n) is 2.90. The third kappa shape index (κ3) is 1.38. The van der Waals surface area contributed by atoms with Crippen LogP contribution in [-0.4, -0.2) is 10.2 Å². The molecule has 0 spiro atoms. The van der Waals surface area contributed by atoms with Crippen LogP contribution in [0, 0.1) is 0 Å². The van der Waals surface area contributed by atoms with Crippen molar-refractivity contribution in [2.45, 2.75) is 13.3 Å². The molecular weight excluding hydrogens is 114 g/mol. The van der Waals surface area contributed by atoms with Crippen LogP contribution in [0.15, 0.2) is 12.3 Å². The molecule has 9 heavy (non-hydrogen) atoms. The third-order valence-corrected chi connectivity index (χ3v) is 1.14. The van der Waals surface area contributed by atoms with Crippen molar-refractivity contribution < 1.29 is 0 Å². The van der Waals surface area contributed by atoms with E-state index in [4.69, 9.17) is 5.73 Å². The van der Waals surface area contributed by atoms with Gasteiger partial charge in [-0.1, -0.05) is 6.92 Å². The third-order valence-electron chi connectivity index (χ3n) is 1.14. The minimum atomic E-state index is 0.495. The lowest BCUT2D eigenvalue weighted by Crippen LogP contribution is -1.93. The van der Waals surface area contributed by atoms with Crippen molar-refractivity contribution in [2.75, 3.05) is 5.73 Å². The van der Waals surface area contributed by atoms with Crippen molar-refractivity contribution in [3.8, 4) is 0 Å². The lowest BCUT2D eigenvalue weighted by molar-refractivity contribution is 0.992. The van der Waals surface area contributed by atoms with E-state index in [-0.39, 0.29) is 0 Å². The Hall–Kier alpha value is -1.12.